The number of anilines is 2. The lowest BCUT2D eigenvalue weighted by atomic mass is 9.94. The number of rotatable bonds is 5. The van der Waals surface area contributed by atoms with Gasteiger partial charge in [0, 0.05) is 43.3 Å². The van der Waals surface area contributed by atoms with Crippen LogP contribution in [0.1, 0.15) is 42.9 Å². The normalized spacial score (nSPS) is 19.1. The molecule has 4 rings (SSSR count). The van der Waals surface area contributed by atoms with Crippen molar-refractivity contribution in [3.05, 3.63) is 59.2 Å². The van der Waals surface area contributed by atoms with Crippen LogP contribution in [0.2, 0.25) is 0 Å². The van der Waals surface area contributed by atoms with Crippen LogP contribution in [0.15, 0.2) is 42.5 Å². The van der Waals surface area contributed by atoms with Gasteiger partial charge in [0.05, 0.1) is 5.92 Å². The number of piperidine rings is 1. The maximum absolute atomic E-state index is 13.1. The summed E-state index contributed by atoms with van der Waals surface area (Å²) in [4.78, 5) is 42.2. The lowest BCUT2D eigenvalue weighted by Gasteiger charge is -2.33. The van der Waals surface area contributed by atoms with Gasteiger partial charge in [-0.15, -0.1) is 0 Å². The molecule has 0 bridgehead atoms. The molecule has 0 unspecified atom stereocenters. The number of carbonyl (C=O) groups excluding carboxylic acids is 3. The van der Waals surface area contributed by atoms with Crippen molar-refractivity contribution in [2.75, 3.05) is 29.9 Å². The number of carbonyl (C=O) groups is 3. The van der Waals surface area contributed by atoms with Gasteiger partial charge in [-0.25, -0.2) is 0 Å². The summed E-state index contributed by atoms with van der Waals surface area (Å²) in [5.74, 6) is -0.357. The highest BCUT2D eigenvalue weighted by atomic mass is 16.2. The fourth-order valence-corrected chi connectivity index (χ4v) is 4.89. The van der Waals surface area contributed by atoms with E-state index < -0.39 is 0 Å². The molecule has 2 fully saturated rings. The first-order valence-corrected chi connectivity index (χ1v) is 11.9. The highest BCUT2D eigenvalue weighted by Crippen LogP contribution is 2.29. The molecule has 0 radical (unpaired) electrons. The van der Waals surface area contributed by atoms with Crippen molar-refractivity contribution in [1.82, 2.24) is 4.90 Å². The predicted molar refractivity (Wildman–Crippen MR) is 130 cm³/mol. The highest BCUT2D eigenvalue weighted by Gasteiger charge is 2.38. The zero-order valence-electron chi connectivity index (χ0n) is 19.8. The lowest BCUT2D eigenvalue weighted by Crippen LogP contribution is -2.44. The molecule has 33 heavy (non-hydrogen) atoms. The van der Waals surface area contributed by atoms with E-state index >= 15 is 0 Å². The molecule has 0 aromatic heterocycles. The summed E-state index contributed by atoms with van der Waals surface area (Å²) in [7, 11) is 0. The van der Waals surface area contributed by atoms with E-state index in [1.165, 1.54) is 0 Å². The van der Waals surface area contributed by atoms with Crippen LogP contribution in [0, 0.1) is 25.7 Å². The Hall–Kier alpha value is -3.15. The molecule has 1 N–H and O–H groups in total. The topological polar surface area (TPSA) is 69.7 Å². The average Bonchev–Trinajstić information content (AvgIpc) is 3.22. The molecule has 2 aromatic rings. The van der Waals surface area contributed by atoms with Crippen molar-refractivity contribution in [3.8, 4) is 0 Å². The lowest BCUT2D eigenvalue weighted by molar-refractivity contribution is -0.138. The summed E-state index contributed by atoms with van der Waals surface area (Å²) in [5, 5.41) is 3.14. The van der Waals surface area contributed by atoms with E-state index in [-0.39, 0.29) is 36.0 Å². The Balaban J connectivity index is 1.32. The molecule has 0 saturated carbocycles. The maximum atomic E-state index is 13.1. The van der Waals surface area contributed by atoms with Gasteiger partial charge in [-0.05, 0) is 56.4 Å². The highest BCUT2D eigenvalue weighted by molar-refractivity contribution is 6.00. The number of hydrogen-bond donors (Lipinski definition) is 1. The summed E-state index contributed by atoms with van der Waals surface area (Å²) in [5.41, 5.74) is 5.11. The monoisotopic (exact) mass is 447 g/mol. The second-order valence-corrected chi connectivity index (χ2v) is 9.29. The van der Waals surface area contributed by atoms with E-state index in [0.717, 1.165) is 34.5 Å². The number of nitrogens with zero attached hydrogens (tertiary/aromatic N) is 2. The van der Waals surface area contributed by atoms with Gasteiger partial charge >= 0.3 is 0 Å². The third-order valence-corrected chi connectivity index (χ3v) is 6.99. The van der Waals surface area contributed by atoms with Crippen LogP contribution >= 0.6 is 0 Å². The van der Waals surface area contributed by atoms with Crippen LogP contribution in [-0.4, -0.2) is 42.3 Å². The van der Waals surface area contributed by atoms with Crippen molar-refractivity contribution < 1.29 is 14.4 Å². The molecule has 6 heteroatoms. The van der Waals surface area contributed by atoms with Crippen LogP contribution in [-0.2, 0) is 20.8 Å². The van der Waals surface area contributed by atoms with Gasteiger partial charge in [0.15, 0.2) is 0 Å². The summed E-state index contributed by atoms with van der Waals surface area (Å²) < 4.78 is 0. The van der Waals surface area contributed by atoms with Crippen molar-refractivity contribution in [1.29, 1.82) is 0 Å². The SMILES string of the molecule is CCc1cccc(C)c1NC(=O)C1CCN(C(=O)[C@@H]2CC(=O)N(c3ccc(C)cc3)C2)CC1. The van der Waals surface area contributed by atoms with E-state index in [1.807, 2.05) is 61.2 Å². The Morgan fingerprint density at radius 2 is 1.70 bits per heavy atom. The van der Waals surface area contributed by atoms with E-state index in [4.69, 9.17) is 0 Å². The average molecular weight is 448 g/mol. The minimum Gasteiger partial charge on any atom is -0.342 e. The molecule has 174 valence electrons. The van der Waals surface area contributed by atoms with Gasteiger partial charge in [0.1, 0.15) is 0 Å². The number of likely N-dealkylation sites (tertiary alicyclic amines) is 1. The van der Waals surface area contributed by atoms with Crippen molar-refractivity contribution in [2.45, 2.75) is 46.5 Å². The predicted octanol–water partition coefficient (Wildman–Crippen LogP) is 4.10. The molecule has 2 heterocycles. The fourth-order valence-electron chi connectivity index (χ4n) is 4.89. The first-order chi connectivity index (χ1) is 15.9. The fraction of sp³-hybridized carbons (Fsp3) is 0.444. The number of para-hydroxylation sites is 1. The van der Waals surface area contributed by atoms with Crippen molar-refractivity contribution in [3.63, 3.8) is 0 Å². The molecule has 2 aliphatic rings. The molecule has 0 spiro atoms. The Morgan fingerprint density at radius 3 is 2.36 bits per heavy atom. The first kappa shape index (κ1) is 23.0. The Morgan fingerprint density at radius 1 is 1.00 bits per heavy atom. The minimum atomic E-state index is -0.316. The van der Waals surface area contributed by atoms with Gasteiger partial charge in [-0.3, -0.25) is 14.4 Å². The largest absolute Gasteiger partial charge is 0.342 e. The Labute approximate surface area is 196 Å². The third kappa shape index (κ3) is 4.95. The molecule has 3 amide bonds. The van der Waals surface area contributed by atoms with Crippen LogP contribution in [0.25, 0.3) is 0 Å². The van der Waals surface area contributed by atoms with E-state index in [1.54, 1.807) is 4.90 Å². The zero-order chi connectivity index (χ0) is 23.5. The molecular formula is C27H33N3O3. The molecular weight excluding hydrogens is 414 g/mol. The van der Waals surface area contributed by atoms with E-state index in [2.05, 4.69) is 12.2 Å². The zero-order valence-corrected chi connectivity index (χ0v) is 19.8. The molecule has 6 nitrogen and oxygen atoms in total. The second kappa shape index (κ2) is 9.77. The summed E-state index contributed by atoms with van der Waals surface area (Å²) in [6, 6.07) is 13.9. The molecule has 2 aliphatic heterocycles. The number of nitrogens with one attached hydrogen (secondary N) is 1. The van der Waals surface area contributed by atoms with E-state index in [0.29, 0.717) is 32.5 Å². The molecule has 1 atom stereocenters. The molecule has 2 aromatic carbocycles. The summed E-state index contributed by atoms with van der Waals surface area (Å²) >= 11 is 0. The van der Waals surface area contributed by atoms with Crippen LogP contribution < -0.4 is 10.2 Å². The van der Waals surface area contributed by atoms with Crippen LogP contribution in [0.4, 0.5) is 11.4 Å². The molecule has 0 aliphatic carbocycles. The van der Waals surface area contributed by atoms with Crippen molar-refractivity contribution in [2.24, 2.45) is 11.8 Å². The van der Waals surface area contributed by atoms with Crippen molar-refractivity contribution >= 4 is 29.1 Å². The smallest absolute Gasteiger partial charge is 0.228 e. The summed E-state index contributed by atoms with van der Waals surface area (Å²) in [6.07, 6.45) is 2.41. The number of amides is 3. The number of benzene rings is 2. The quantitative estimate of drug-likeness (QED) is 0.750. The standard InChI is InChI=1S/C27H33N3O3/c1-4-20-7-5-6-19(3)25(20)28-26(32)21-12-14-29(15-13-21)27(33)22-16-24(31)30(17-22)23-10-8-18(2)9-11-23/h5-11,21-22H,4,12-17H2,1-3H3,(H,28,32)/t22-/m1/s1. The number of aryl methyl sites for hydroxylation is 3. The maximum Gasteiger partial charge on any atom is 0.228 e. The van der Waals surface area contributed by atoms with Crippen LogP contribution in [0.3, 0.4) is 0 Å². The Kier molecular flexibility index (Phi) is 6.82. The van der Waals surface area contributed by atoms with Gasteiger partial charge < -0.3 is 15.1 Å². The van der Waals surface area contributed by atoms with Crippen LogP contribution in [0.5, 0.6) is 0 Å². The molecule has 2 saturated heterocycles. The third-order valence-electron chi connectivity index (χ3n) is 6.99. The Bertz CT molecular complexity index is 1040. The second-order valence-electron chi connectivity index (χ2n) is 9.29. The van der Waals surface area contributed by atoms with Gasteiger partial charge in [-0.1, -0.05) is 42.8 Å². The summed E-state index contributed by atoms with van der Waals surface area (Å²) in [6.45, 7) is 7.64. The van der Waals surface area contributed by atoms with E-state index in [9.17, 15) is 14.4 Å². The van der Waals surface area contributed by atoms with Gasteiger partial charge in [0.2, 0.25) is 17.7 Å². The first-order valence-electron chi connectivity index (χ1n) is 11.9. The van der Waals surface area contributed by atoms with Gasteiger partial charge in [-0.2, -0.15) is 0 Å². The van der Waals surface area contributed by atoms with Gasteiger partial charge in [0.25, 0.3) is 0 Å². The minimum absolute atomic E-state index is 0.00331. The number of hydrogen-bond acceptors (Lipinski definition) is 3.